The lowest BCUT2D eigenvalue weighted by Gasteiger charge is -2.27. The maximum absolute atomic E-state index is 13.0. The van der Waals surface area contributed by atoms with Gasteiger partial charge in [0, 0.05) is 61.5 Å². The van der Waals surface area contributed by atoms with Gasteiger partial charge in [0.25, 0.3) is 5.91 Å². The van der Waals surface area contributed by atoms with E-state index < -0.39 is 0 Å². The number of carbonyl (C=O) groups excluding carboxylic acids is 2. The summed E-state index contributed by atoms with van der Waals surface area (Å²) in [4.78, 5) is 29.8. The number of fused-ring (bicyclic) bond motifs is 1. The van der Waals surface area contributed by atoms with Crippen molar-refractivity contribution in [3.05, 3.63) is 38.4 Å². The van der Waals surface area contributed by atoms with Crippen molar-refractivity contribution in [2.45, 2.75) is 52.7 Å². The number of hydrogen-bond donors (Lipinski definition) is 1. The molecule has 2 aliphatic rings. The van der Waals surface area contributed by atoms with Gasteiger partial charge in [-0.05, 0) is 32.3 Å². The van der Waals surface area contributed by atoms with Gasteiger partial charge in [-0.2, -0.15) is 0 Å². The van der Waals surface area contributed by atoms with Gasteiger partial charge in [-0.15, -0.1) is 11.3 Å². The number of aromatic nitrogens is 1. The predicted octanol–water partition coefficient (Wildman–Crippen LogP) is 2.26. The van der Waals surface area contributed by atoms with Crippen molar-refractivity contribution in [3.63, 3.8) is 0 Å². The number of carbonyl (C=O) groups is 2. The molecule has 1 saturated heterocycles. The Morgan fingerprint density at radius 3 is 2.89 bits per heavy atom. The zero-order valence-corrected chi connectivity index (χ0v) is 17.4. The summed E-state index contributed by atoms with van der Waals surface area (Å²) in [7, 11) is 0. The highest BCUT2D eigenvalue weighted by atomic mass is 32.1. The largest absolute Gasteiger partial charge is 0.361 e. The molecule has 4 rings (SSSR count). The SMILES string of the molecule is CC(=O)NC1CCN(C(=O)c2csc3c2CCN(Cc2c(C)noc2C)C3)C1. The number of aryl methyl sites for hydroxylation is 2. The third-order valence-electron chi connectivity index (χ3n) is 5.70. The second kappa shape index (κ2) is 7.67. The van der Waals surface area contributed by atoms with Crippen molar-refractivity contribution in [1.29, 1.82) is 0 Å². The summed E-state index contributed by atoms with van der Waals surface area (Å²) in [6.07, 6.45) is 1.70. The summed E-state index contributed by atoms with van der Waals surface area (Å²) in [5, 5.41) is 8.98. The maximum Gasteiger partial charge on any atom is 0.255 e. The van der Waals surface area contributed by atoms with E-state index in [1.54, 1.807) is 11.3 Å². The summed E-state index contributed by atoms with van der Waals surface area (Å²) < 4.78 is 5.28. The second-order valence-corrected chi connectivity index (χ2v) is 8.72. The Kier molecular flexibility index (Phi) is 5.25. The summed E-state index contributed by atoms with van der Waals surface area (Å²) >= 11 is 1.68. The van der Waals surface area contributed by atoms with Crippen LogP contribution in [0.3, 0.4) is 0 Å². The average molecular weight is 403 g/mol. The van der Waals surface area contributed by atoms with Crippen LogP contribution in [0, 0.1) is 13.8 Å². The van der Waals surface area contributed by atoms with E-state index in [1.807, 2.05) is 24.1 Å². The molecule has 1 fully saturated rings. The van der Waals surface area contributed by atoms with Crippen LogP contribution >= 0.6 is 11.3 Å². The normalized spacial score (nSPS) is 19.7. The molecule has 0 saturated carbocycles. The molecule has 0 aromatic carbocycles. The Morgan fingerprint density at radius 2 is 2.18 bits per heavy atom. The molecular formula is C20H26N4O3S. The molecule has 1 unspecified atom stereocenters. The van der Waals surface area contributed by atoms with Crippen molar-refractivity contribution in [3.8, 4) is 0 Å². The van der Waals surface area contributed by atoms with Gasteiger partial charge in [-0.1, -0.05) is 5.16 Å². The van der Waals surface area contributed by atoms with E-state index in [0.29, 0.717) is 13.1 Å². The molecule has 0 radical (unpaired) electrons. The van der Waals surface area contributed by atoms with Crippen molar-refractivity contribution >= 4 is 23.2 Å². The van der Waals surface area contributed by atoms with Crippen molar-refractivity contribution in [2.75, 3.05) is 19.6 Å². The highest BCUT2D eigenvalue weighted by Gasteiger charge is 2.31. The lowest BCUT2D eigenvalue weighted by Crippen LogP contribution is -2.37. The van der Waals surface area contributed by atoms with Gasteiger partial charge < -0.3 is 14.7 Å². The third-order valence-corrected chi connectivity index (χ3v) is 6.72. The van der Waals surface area contributed by atoms with Gasteiger partial charge in [0.2, 0.25) is 5.91 Å². The second-order valence-electron chi connectivity index (χ2n) is 7.75. The molecule has 0 aliphatic carbocycles. The minimum atomic E-state index is -0.0365. The van der Waals surface area contributed by atoms with E-state index >= 15 is 0 Å². The average Bonchev–Trinajstić information content (AvgIpc) is 3.36. The van der Waals surface area contributed by atoms with Crippen LogP contribution in [0.25, 0.3) is 0 Å². The Bertz CT molecular complexity index is 884. The minimum absolute atomic E-state index is 0.0365. The first kappa shape index (κ1) is 19.1. The zero-order valence-electron chi connectivity index (χ0n) is 16.6. The van der Waals surface area contributed by atoms with E-state index in [2.05, 4.69) is 15.4 Å². The summed E-state index contributed by atoms with van der Waals surface area (Å²) in [5.41, 5.74) is 4.17. The Labute approximate surface area is 168 Å². The number of nitrogens with zero attached hydrogens (tertiary/aromatic N) is 3. The lowest BCUT2D eigenvalue weighted by molar-refractivity contribution is -0.119. The first-order chi connectivity index (χ1) is 13.4. The fraction of sp³-hybridized carbons (Fsp3) is 0.550. The van der Waals surface area contributed by atoms with Crippen molar-refractivity contribution in [2.24, 2.45) is 0 Å². The quantitative estimate of drug-likeness (QED) is 0.849. The molecule has 8 heteroatoms. The summed E-state index contributed by atoms with van der Waals surface area (Å²) in [6, 6.07) is 0.0708. The fourth-order valence-corrected chi connectivity index (χ4v) is 5.28. The van der Waals surface area contributed by atoms with E-state index in [1.165, 1.54) is 17.4 Å². The van der Waals surface area contributed by atoms with Crippen molar-refractivity contribution in [1.82, 2.24) is 20.3 Å². The summed E-state index contributed by atoms with van der Waals surface area (Å²) in [5.74, 6) is 0.947. The zero-order chi connectivity index (χ0) is 19.8. The number of amides is 2. The fourth-order valence-electron chi connectivity index (χ4n) is 4.17. The smallest absolute Gasteiger partial charge is 0.255 e. The van der Waals surface area contributed by atoms with Crippen LogP contribution in [0.4, 0.5) is 0 Å². The molecule has 1 N–H and O–H groups in total. The summed E-state index contributed by atoms with van der Waals surface area (Å²) in [6.45, 7) is 9.35. The van der Waals surface area contributed by atoms with Crippen LogP contribution < -0.4 is 5.32 Å². The Balaban J connectivity index is 1.43. The minimum Gasteiger partial charge on any atom is -0.361 e. The van der Waals surface area contributed by atoms with Gasteiger partial charge in [-0.25, -0.2) is 0 Å². The van der Waals surface area contributed by atoms with E-state index in [9.17, 15) is 9.59 Å². The molecule has 28 heavy (non-hydrogen) atoms. The van der Waals surface area contributed by atoms with Crippen molar-refractivity contribution < 1.29 is 14.1 Å². The number of thiophene rings is 1. The number of likely N-dealkylation sites (tertiary alicyclic amines) is 1. The number of rotatable bonds is 4. The number of hydrogen-bond acceptors (Lipinski definition) is 6. The highest BCUT2D eigenvalue weighted by Crippen LogP contribution is 2.31. The predicted molar refractivity (Wildman–Crippen MR) is 106 cm³/mol. The van der Waals surface area contributed by atoms with E-state index in [4.69, 9.17) is 4.52 Å². The topological polar surface area (TPSA) is 78.7 Å². The highest BCUT2D eigenvalue weighted by molar-refractivity contribution is 7.10. The Hall–Kier alpha value is -2.19. The molecule has 2 aromatic rings. The molecule has 0 bridgehead atoms. The molecule has 150 valence electrons. The first-order valence-corrected chi connectivity index (χ1v) is 10.6. The standard InChI is InChI=1S/C20H26N4O3S/c1-12-17(13(2)27-22-12)9-23-6-5-16-18(11-28-19(16)10-23)20(26)24-7-4-15(8-24)21-14(3)25/h11,15H,4-10H2,1-3H3,(H,21,25). The monoisotopic (exact) mass is 402 g/mol. The molecule has 2 amide bonds. The van der Waals surface area contributed by atoms with Crippen LogP contribution in [-0.4, -0.2) is 52.4 Å². The van der Waals surface area contributed by atoms with Crippen LogP contribution in [-0.2, 0) is 24.3 Å². The van der Waals surface area contributed by atoms with Gasteiger partial charge >= 0.3 is 0 Å². The van der Waals surface area contributed by atoms with Crippen LogP contribution in [0.15, 0.2) is 9.90 Å². The van der Waals surface area contributed by atoms with Gasteiger partial charge in [-0.3, -0.25) is 14.5 Å². The van der Waals surface area contributed by atoms with Gasteiger partial charge in [0.15, 0.2) is 0 Å². The molecule has 2 aliphatic heterocycles. The maximum atomic E-state index is 13.0. The first-order valence-electron chi connectivity index (χ1n) is 9.72. The molecular weight excluding hydrogens is 376 g/mol. The van der Waals surface area contributed by atoms with Gasteiger partial charge in [0.1, 0.15) is 5.76 Å². The lowest BCUT2D eigenvalue weighted by atomic mass is 10.0. The third kappa shape index (κ3) is 3.71. The van der Waals surface area contributed by atoms with E-state index in [-0.39, 0.29) is 17.9 Å². The molecule has 1 atom stereocenters. The van der Waals surface area contributed by atoms with Crippen LogP contribution in [0.1, 0.15) is 51.2 Å². The molecule has 2 aromatic heterocycles. The molecule has 7 nitrogen and oxygen atoms in total. The van der Waals surface area contributed by atoms with Gasteiger partial charge in [0.05, 0.1) is 11.3 Å². The molecule has 4 heterocycles. The number of nitrogens with one attached hydrogen (secondary N) is 1. The van der Waals surface area contributed by atoms with Crippen LogP contribution in [0.2, 0.25) is 0 Å². The molecule has 0 spiro atoms. The van der Waals surface area contributed by atoms with E-state index in [0.717, 1.165) is 55.1 Å². The Morgan fingerprint density at radius 1 is 1.36 bits per heavy atom. The van der Waals surface area contributed by atoms with Crippen LogP contribution in [0.5, 0.6) is 0 Å².